The van der Waals surface area contributed by atoms with Crippen LogP contribution in [0.1, 0.15) is 47.0 Å². The Labute approximate surface area is 190 Å². The molecule has 0 saturated heterocycles. The van der Waals surface area contributed by atoms with E-state index < -0.39 is 17.9 Å². The molecule has 0 radical (unpaired) electrons. The number of carboxylic acids is 1. The topological polar surface area (TPSA) is 136 Å². The summed E-state index contributed by atoms with van der Waals surface area (Å²) in [6.45, 7) is 17.4. The van der Waals surface area contributed by atoms with E-state index >= 15 is 0 Å². The van der Waals surface area contributed by atoms with Crippen LogP contribution in [0, 0.1) is 0 Å². The Kier molecular flexibility index (Phi) is 22.0. The van der Waals surface area contributed by atoms with Crippen LogP contribution >= 0.6 is 0 Å². The third kappa shape index (κ3) is 21.5. The predicted molar refractivity (Wildman–Crippen MR) is 121 cm³/mol. The number of aliphatic carboxylic acids is 1. The molecule has 0 bridgehead atoms. The van der Waals surface area contributed by atoms with E-state index in [0.29, 0.717) is 17.8 Å². The molecule has 0 fully saturated rings. The Hall–Kier alpha value is -3.20. The first kappa shape index (κ1) is 33.4. The van der Waals surface area contributed by atoms with Crippen LogP contribution in [0.25, 0.3) is 0 Å². The van der Waals surface area contributed by atoms with Crippen molar-refractivity contribution in [1.82, 2.24) is 0 Å². The van der Waals surface area contributed by atoms with E-state index in [1.54, 1.807) is 13.8 Å². The Bertz CT molecular complexity index is 688. The lowest BCUT2D eigenvalue weighted by atomic mass is 10.1. The van der Waals surface area contributed by atoms with Crippen LogP contribution in [0.4, 0.5) is 0 Å². The minimum atomic E-state index is -1.00. The van der Waals surface area contributed by atoms with Crippen molar-refractivity contribution < 1.29 is 43.6 Å². The molecule has 0 aliphatic carbocycles. The monoisotopic (exact) mass is 456 g/mol. The Morgan fingerprint density at radius 1 is 0.875 bits per heavy atom. The number of hydrogen-bond acceptors (Lipinski definition) is 8. The molecule has 0 aromatic heterocycles. The van der Waals surface area contributed by atoms with E-state index in [9.17, 15) is 19.2 Å². The molecule has 0 rings (SSSR count). The number of allylic oxidation sites excluding steroid dienone is 1. The van der Waals surface area contributed by atoms with Crippen molar-refractivity contribution in [2.75, 3.05) is 26.9 Å². The zero-order valence-corrected chi connectivity index (χ0v) is 19.7. The summed E-state index contributed by atoms with van der Waals surface area (Å²) in [6.07, 6.45) is 3.59. The lowest BCUT2D eigenvalue weighted by molar-refractivity contribution is -0.140. The summed E-state index contributed by atoms with van der Waals surface area (Å²) in [5.74, 6) is -2.26. The lowest BCUT2D eigenvalue weighted by Gasteiger charge is -2.01. The fourth-order valence-corrected chi connectivity index (χ4v) is 1.29. The molecule has 2 N–H and O–H groups in total. The first-order chi connectivity index (χ1) is 14.8. The van der Waals surface area contributed by atoms with Gasteiger partial charge in [0.1, 0.15) is 6.61 Å². The average molecular weight is 457 g/mol. The van der Waals surface area contributed by atoms with Crippen molar-refractivity contribution in [2.45, 2.75) is 47.0 Å². The highest BCUT2D eigenvalue weighted by Gasteiger charge is 2.06. The number of hydrogen-bond donors (Lipinski definition) is 2. The minimum Gasteiger partial charge on any atom is -0.478 e. The number of aliphatic hydroxyl groups is 1. The molecule has 0 aromatic rings. The molecule has 0 aromatic carbocycles. The van der Waals surface area contributed by atoms with Gasteiger partial charge in [0.05, 0.1) is 20.3 Å². The normalized spacial score (nSPS) is 9.62. The number of esters is 3. The second-order valence-corrected chi connectivity index (χ2v) is 6.40. The van der Waals surface area contributed by atoms with E-state index in [4.69, 9.17) is 14.9 Å². The summed E-state index contributed by atoms with van der Waals surface area (Å²) < 4.78 is 13.7. The highest BCUT2D eigenvalue weighted by atomic mass is 16.5. The molecular weight excluding hydrogens is 420 g/mol. The van der Waals surface area contributed by atoms with E-state index in [1.165, 1.54) is 20.1 Å². The molecule has 32 heavy (non-hydrogen) atoms. The van der Waals surface area contributed by atoms with Crippen LogP contribution in [0.2, 0.25) is 0 Å². The van der Waals surface area contributed by atoms with Crippen LogP contribution in [0.5, 0.6) is 0 Å². The van der Waals surface area contributed by atoms with E-state index in [2.05, 4.69) is 36.1 Å². The van der Waals surface area contributed by atoms with Gasteiger partial charge in [0.25, 0.3) is 0 Å². The molecule has 0 spiro atoms. The van der Waals surface area contributed by atoms with E-state index in [-0.39, 0.29) is 36.8 Å². The molecule has 0 aliphatic heterocycles. The highest BCUT2D eigenvalue weighted by molar-refractivity contribution is 5.89. The molecule has 0 saturated carbocycles. The number of aliphatic hydroxyl groups excluding tert-OH is 1. The van der Waals surface area contributed by atoms with Gasteiger partial charge in [-0.25, -0.2) is 19.2 Å². The van der Waals surface area contributed by atoms with Crippen LogP contribution < -0.4 is 0 Å². The van der Waals surface area contributed by atoms with Gasteiger partial charge in [0.2, 0.25) is 0 Å². The molecule has 0 heterocycles. The molecule has 0 aliphatic rings. The number of carboxylic acid groups (broad SMARTS) is 1. The van der Waals surface area contributed by atoms with Crippen molar-refractivity contribution in [3.8, 4) is 0 Å². The van der Waals surface area contributed by atoms with Gasteiger partial charge in [-0.1, -0.05) is 39.2 Å². The zero-order valence-electron chi connectivity index (χ0n) is 19.7. The van der Waals surface area contributed by atoms with Gasteiger partial charge in [-0.15, -0.1) is 0 Å². The Balaban J connectivity index is -0.000000403. The number of carbonyl (C=O) groups is 4. The number of ether oxygens (including phenoxy) is 3. The maximum absolute atomic E-state index is 10.8. The third-order valence-corrected chi connectivity index (χ3v) is 3.22. The van der Waals surface area contributed by atoms with Crippen LogP contribution in [-0.2, 0) is 33.4 Å². The second-order valence-electron chi connectivity index (χ2n) is 6.40. The quantitative estimate of drug-likeness (QED) is 0.208. The van der Waals surface area contributed by atoms with Gasteiger partial charge >= 0.3 is 23.9 Å². The maximum Gasteiger partial charge on any atom is 0.333 e. The summed E-state index contributed by atoms with van der Waals surface area (Å²) in [5, 5.41) is 16.7. The SMILES string of the molecule is C=C(C)C(=O)OCCCC.C=C(C)C(=O)OCCO.C=C(CC=C(C)C(=O)O)C(=O)OC. The van der Waals surface area contributed by atoms with Gasteiger partial charge in [-0.2, -0.15) is 0 Å². The summed E-state index contributed by atoms with van der Waals surface area (Å²) in [4.78, 5) is 42.3. The van der Waals surface area contributed by atoms with Crippen LogP contribution in [0.15, 0.2) is 48.1 Å². The number of unbranched alkanes of at least 4 members (excludes halogenated alkanes) is 1. The summed E-state index contributed by atoms with van der Waals surface area (Å²) in [5.41, 5.74) is 1.24. The maximum atomic E-state index is 10.8. The van der Waals surface area contributed by atoms with Crippen molar-refractivity contribution in [1.29, 1.82) is 0 Å². The van der Waals surface area contributed by atoms with Crippen molar-refractivity contribution >= 4 is 23.9 Å². The smallest absolute Gasteiger partial charge is 0.333 e. The molecule has 0 atom stereocenters. The molecule has 0 amide bonds. The fourth-order valence-electron chi connectivity index (χ4n) is 1.29. The van der Waals surface area contributed by atoms with Gasteiger partial charge in [-0.05, 0) is 33.6 Å². The Morgan fingerprint density at radius 3 is 1.69 bits per heavy atom. The van der Waals surface area contributed by atoms with Gasteiger partial charge in [0, 0.05) is 22.3 Å². The fraction of sp³-hybridized carbons (Fsp3) is 0.478. The van der Waals surface area contributed by atoms with Gasteiger partial charge in [-0.3, -0.25) is 0 Å². The van der Waals surface area contributed by atoms with Crippen molar-refractivity contribution in [3.05, 3.63) is 48.1 Å². The molecule has 0 unspecified atom stereocenters. The van der Waals surface area contributed by atoms with Gasteiger partial charge in [0.15, 0.2) is 0 Å². The summed E-state index contributed by atoms with van der Waals surface area (Å²) in [7, 11) is 1.25. The van der Waals surface area contributed by atoms with Crippen LogP contribution in [0.3, 0.4) is 0 Å². The first-order valence-electron chi connectivity index (χ1n) is 9.77. The van der Waals surface area contributed by atoms with Crippen molar-refractivity contribution in [3.63, 3.8) is 0 Å². The third-order valence-electron chi connectivity index (χ3n) is 3.22. The summed E-state index contributed by atoms with van der Waals surface area (Å²) >= 11 is 0. The molecule has 9 nitrogen and oxygen atoms in total. The number of rotatable bonds is 11. The molecular formula is C23H36O9. The lowest BCUT2D eigenvalue weighted by Crippen LogP contribution is -2.08. The van der Waals surface area contributed by atoms with E-state index in [0.717, 1.165) is 12.8 Å². The molecule has 9 heteroatoms. The highest BCUT2D eigenvalue weighted by Crippen LogP contribution is 2.04. The Morgan fingerprint density at radius 2 is 1.34 bits per heavy atom. The zero-order chi connectivity index (χ0) is 25.7. The first-order valence-corrected chi connectivity index (χ1v) is 9.77. The minimum absolute atomic E-state index is 0.0473. The second kappa shape index (κ2) is 21.0. The predicted octanol–water partition coefficient (Wildman–Crippen LogP) is 3.14. The molecule has 182 valence electrons. The number of carbonyl (C=O) groups excluding carboxylic acids is 3. The largest absolute Gasteiger partial charge is 0.478 e. The average Bonchev–Trinajstić information content (AvgIpc) is 2.75. The van der Waals surface area contributed by atoms with Crippen LogP contribution in [-0.4, -0.2) is 61.0 Å². The summed E-state index contributed by atoms with van der Waals surface area (Å²) in [6, 6.07) is 0. The van der Waals surface area contributed by atoms with Gasteiger partial charge < -0.3 is 24.4 Å². The number of methoxy groups -OCH3 is 1. The van der Waals surface area contributed by atoms with Crippen molar-refractivity contribution in [2.24, 2.45) is 0 Å². The van der Waals surface area contributed by atoms with E-state index in [1.807, 2.05) is 0 Å². The standard InChI is InChI=1S/C9H12O4.C8H14O2.C6H10O3/c1-6(8(10)11)4-5-7(2)9(12)13-3;1-4-5-6-10-8(9)7(2)3;1-5(2)6(8)9-4-3-7/h4H,2,5H2,1,3H3,(H,10,11);2,4-6H2,1,3H3;7H,1,3-4H2,2H3.